The van der Waals surface area contributed by atoms with Crippen LogP contribution in [0.1, 0.15) is 95.5 Å². The molecule has 0 N–H and O–H groups in total. The lowest BCUT2D eigenvalue weighted by Crippen LogP contribution is -2.30. The van der Waals surface area contributed by atoms with Crippen molar-refractivity contribution in [1.82, 2.24) is 0 Å². The molecule has 2 aliphatic carbocycles. The monoisotopic (exact) mass is 398 g/mol. The van der Waals surface area contributed by atoms with Crippen LogP contribution in [0.5, 0.6) is 0 Å². The van der Waals surface area contributed by atoms with Gasteiger partial charge in [0, 0.05) is 11.5 Å². The predicted molar refractivity (Wildman–Crippen MR) is 118 cm³/mol. The molecule has 4 unspecified atom stereocenters. The van der Waals surface area contributed by atoms with Crippen LogP contribution in [0.15, 0.2) is 30.3 Å². The molecule has 2 aromatic carbocycles. The molecule has 0 radical (unpaired) electrons. The van der Waals surface area contributed by atoms with Gasteiger partial charge < -0.3 is 0 Å². The highest BCUT2D eigenvalue weighted by Gasteiger charge is 2.35. The van der Waals surface area contributed by atoms with Gasteiger partial charge in [0.1, 0.15) is 11.6 Å². The van der Waals surface area contributed by atoms with Gasteiger partial charge in [-0.25, -0.2) is 8.78 Å². The molecule has 0 heterocycles. The molecule has 2 aromatic rings. The van der Waals surface area contributed by atoms with Gasteiger partial charge in [-0.05, 0) is 72.8 Å². The van der Waals surface area contributed by atoms with Gasteiger partial charge >= 0.3 is 0 Å². The maximum Gasteiger partial charge on any atom is 0.133 e. The van der Waals surface area contributed by atoms with E-state index in [-0.39, 0.29) is 0 Å². The largest absolute Gasteiger partial charge is 0.207 e. The van der Waals surface area contributed by atoms with Gasteiger partial charge in [-0.15, -0.1) is 0 Å². The van der Waals surface area contributed by atoms with E-state index in [2.05, 4.69) is 13.0 Å². The molecular formula is C27H36F2. The minimum atomic E-state index is -0.483. The molecule has 0 amide bonds. The summed E-state index contributed by atoms with van der Waals surface area (Å²) in [4.78, 5) is 0. The number of unbranched alkanes of at least 4 members (excludes halogenated alkanes) is 4. The second-order valence-corrected chi connectivity index (χ2v) is 9.78. The number of hydrogen-bond acceptors (Lipinski definition) is 0. The topological polar surface area (TPSA) is 0 Å². The lowest BCUT2D eigenvalue weighted by Gasteiger charge is -2.42. The van der Waals surface area contributed by atoms with Crippen LogP contribution >= 0.6 is 0 Å². The Labute approximate surface area is 175 Å². The summed E-state index contributed by atoms with van der Waals surface area (Å²) in [5, 5.41) is 1.23. The average Bonchev–Trinajstić information content (AvgIpc) is 2.72. The number of rotatable bonds is 7. The molecule has 4 rings (SSSR count). The highest BCUT2D eigenvalue weighted by Crippen LogP contribution is 2.48. The Kier molecular flexibility index (Phi) is 6.88. The van der Waals surface area contributed by atoms with Crippen LogP contribution in [-0.4, -0.2) is 0 Å². The van der Waals surface area contributed by atoms with E-state index in [1.54, 1.807) is 0 Å². The third-order valence-electron chi connectivity index (χ3n) is 7.80. The Bertz CT molecular complexity index is 812. The summed E-state index contributed by atoms with van der Waals surface area (Å²) in [6.45, 7) is 2.28. The van der Waals surface area contributed by atoms with E-state index in [4.69, 9.17) is 0 Å². The zero-order valence-corrected chi connectivity index (χ0v) is 17.9. The molecule has 2 saturated carbocycles. The zero-order chi connectivity index (χ0) is 20.2. The van der Waals surface area contributed by atoms with Crippen LogP contribution in [0.25, 0.3) is 10.8 Å². The molecule has 29 heavy (non-hydrogen) atoms. The van der Waals surface area contributed by atoms with Crippen LogP contribution in [0.4, 0.5) is 8.78 Å². The minimum absolute atomic E-state index is 0.455. The van der Waals surface area contributed by atoms with Crippen LogP contribution in [0.3, 0.4) is 0 Å². The molecule has 0 aromatic heterocycles. The highest BCUT2D eigenvalue weighted by molar-refractivity contribution is 5.84. The summed E-state index contributed by atoms with van der Waals surface area (Å²) in [5.41, 5.74) is 1.28. The number of hydrogen-bond donors (Lipinski definition) is 0. The van der Waals surface area contributed by atoms with Crippen molar-refractivity contribution in [1.29, 1.82) is 0 Å². The van der Waals surface area contributed by atoms with Crippen molar-refractivity contribution in [3.63, 3.8) is 0 Å². The van der Waals surface area contributed by atoms with E-state index in [1.807, 2.05) is 12.1 Å². The van der Waals surface area contributed by atoms with Crippen LogP contribution < -0.4 is 0 Å². The first-order valence-electron chi connectivity index (χ1n) is 12.0. The summed E-state index contributed by atoms with van der Waals surface area (Å²) < 4.78 is 27.6. The summed E-state index contributed by atoms with van der Waals surface area (Å²) >= 11 is 0. The molecule has 0 aliphatic heterocycles. The van der Waals surface area contributed by atoms with E-state index in [9.17, 15) is 8.78 Å². The maximum absolute atomic E-state index is 14.0. The van der Waals surface area contributed by atoms with Crippen LogP contribution in [-0.2, 0) is 0 Å². The van der Waals surface area contributed by atoms with Gasteiger partial charge in [-0.3, -0.25) is 0 Å². The molecule has 0 saturated heterocycles. The van der Waals surface area contributed by atoms with Crippen molar-refractivity contribution in [2.24, 2.45) is 17.8 Å². The van der Waals surface area contributed by atoms with Crippen LogP contribution in [0, 0.1) is 29.4 Å². The molecular weight excluding hydrogens is 362 g/mol. The Morgan fingerprint density at radius 2 is 1.62 bits per heavy atom. The molecule has 0 spiro atoms. The van der Waals surface area contributed by atoms with E-state index >= 15 is 0 Å². The molecule has 0 nitrogen and oxygen atoms in total. The number of benzene rings is 2. The second-order valence-electron chi connectivity index (χ2n) is 9.78. The van der Waals surface area contributed by atoms with Gasteiger partial charge in [-0.2, -0.15) is 0 Å². The quantitative estimate of drug-likeness (QED) is 0.409. The zero-order valence-electron chi connectivity index (χ0n) is 17.9. The van der Waals surface area contributed by atoms with Crippen molar-refractivity contribution in [3.8, 4) is 0 Å². The Morgan fingerprint density at radius 1 is 0.828 bits per heavy atom. The fraction of sp³-hybridized carbons (Fsp3) is 0.630. The number of fused-ring (bicyclic) bond motifs is 2. The van der Waals surface area contributed by atoms with Crippen molar-refractivity contribution in [2.45, 2.75) is 89.9 Å². The Balaban J connectivity index is 1.34. The predicted octanol–water partition coefficient (Wildman–Crippen LogP) is 8.78. The summed E-state index contributed by atoms with van der Waals surface area (Å²) in [5.74, 6) is 2.34. The van der Waals surface area contributed by atoms with Crippen molar-refractivity contribution >= 4 is 10.8 Å². The lowest BCUT2D eigenvalue weighted by atomic mass is 9.63. The molecule has 2 fully saturated rings. The van der Waals surface area contributed by atoms with Gasteiger partial charge in [0.15, 0.2) is 0 Å². The van der Waals surface area contributed by atoms with E-state index in [1.165, 1.54) is 88.7 Å². The fourth-order valence-electron chi connectivity index (χ4n) is 6.15. The van der Waals surface area contributed by atoms with Crippen molar-refractivity contribution in [2.75, 3.05) is 0 Å². The van der Waals surface area contributed by atoms with Gasteiger partial charge in [0.25, 0.3) is 0 Å². The second kappa shape index (κ2) is 9.58. The molecule has 0 bridgehead atoms. The Hall–Kier alpha value is -1.44. The first-order valence-corrected chi connectivity index (χ1v) is 12.0. The third kappa shape index (κ3) is 5.01. The molecule has 2 aliphatic rings. The van der Waals surface area contributed by atoms with Gasteiger partial charge in [0.05, 0.1) is 0 Å². The van der Waals surface area contributed by atoms with E-state index in [0.717, 1.165) is 23.8 Å². The first-order chi connectivity index (χ1) is 14.1. The standard InChI is InChI=1S/C27H36F2/c1-2-3-4-5-6-7-19-8-9-21-15-22(11-10-20(21)14-19)23-12-13-26-24(16-23)17-25(28)18-27(26)29/h12-13,16-22H,2-11,14-15H2,1H3. The third-order valence-corrected chi connectivity index (χ3v) is 7.80. The van der Waals surface area contributed by atoms with Crippen molar-refractivity contribution in [3.05, 3.63) is 47.5 Å². The first kappa shape index (κ1) is 20.8. The lowest BCUT2D eigenvalue weighted by molar-refractivity contribution is 0.113. The summed E-state index contributed by atoms with van der Waals surface area (Å²) in [6.07, 6.45) is 16.5. The van der Waals surface area contributed by atoms with E-state index < -0.39 is 11.6 Å². The van der Waals surface area contributed by atoms with Gasteiger partial charge in [-0.1, -0.05) is 70.1 Å². The summed E-state index contributed by atoms with van der Waals surface area (Å²) in [6, 6.07) is 8.42. The normalized spacial score (nSPS) is 27.1. The van der Waals surface area contributed by atoms with Crippen LogP contribution in [0.2, 0.25) is 0 Å². The SMILES string of the molecule is CCCCCCCC1CCC2CC(c3ccc4c(F)cc(F)cc4c3)CCC2C1. The maximum atomic E-state index is 14.0. The smallest absolute Gasteiger partial charge is 0.133 e. The van der Waals surface area contributed by atoms with E-state index in [0.29, 0.717) is 16.7 Å². The molecule has 4 atom stereocenters. The average molecular weight is 399 g/mol. The number of halogens is 2. The fourth-order valence-corrected chi connectivity index (χ4v) is 6.15. The summed E-state index contributed by atoms with van der Waals surface area (Å²) in [7, 11) is 0. The minimum Gasteiger partial charge on any atom is -0.207 e. The van der Waals surface area contributed by atoms with Crippen molar-refractivity contribution < 1.29 is 8.78 Å². The molecule has 158 valence electrons. The molecule has 2 heteroatoms. The highest BCUT2D eigenvalue weighted by atomic mass is 19.1. The Morgan fingerprint density at radius 3 is 2.48 bits per heavy atom. The van der Waals surface area contributed by atoms with Gasteiger partial charge in [0.2, 0.25) is 0 Å².